The third-order valence-corrected chi connectivity index (χ3v) is 4.46. The van der Waals surface area contributed by atoms with E-state index in [2.05, 4.69) is 22.8 Å². The van der Waals surface area contributed by atoms with Gasteiger partial charge in [-0.2, -0.15) is 0 Å². The van der Waals surface area contributed by atoms with E-state index in [0.717, 1.165) is 27.6 Å². The van der Waals surface area contributed by atoms with Crippen molar-refractivity contribution in [3.63, 3.8) is 0 Å². The van der Waals surface area contributed by atoms with Crippen LogP contribution >= 0.6 is 12.2 Å². The summed E-state index contributed by atoms with van der Waals surface area (Å²) in [6.45, 7) is 5.96. The first-order valence-corrected chi connectivity index (χ1v) is 9.13. The monoisotopic (exact) mass is 378 g/mol. The second-order valence-corrected chi connectivity index (χ2v) is 6.98. The van der Waals surface area contributed by atoms with E-state index in [1.54, 1.807) is 0 Å². The van der Waals surface area contributed by atoms with Crippen molar-refractivity contribution in [3.8, 4) is 5.75 Å². The van der Waals surface area contributed by atoms with Gasteiger partial charge in [0.15, 0.2) is 11.7 Å². The largest absolute Gasteiger partial charge is 0.484 e. The Kier molecular flexibility index (Phi) is 5.72. The molecule has 0 saturated carbocycles. The smallest absolute Gasteiger partial charge is 0.264 e. The van der Waals surface area contributed by atoms with E-state index >= 15 is 0 Å². The summed E-state index contributed by atoms with van der Waals surface area (Å²) >= 11 is 5.26. The zero-order chi connectivity index (χ0) is 19.4. The highest BCUT2D eigenvalue weighted by atomic mass is 32.1. The van der Waals surface area contributed by atoms with Crippen LogP contribution in [0.4, 0.5) is 5.69 Å². The van der Waals surface area contributed by atoms with Crippen LogP contribution in [-0.2, 0) is 4.79 Å². The zero-order valence-corrected chi connectivity index (χ0v) is 16.4. The lowest BCUT2D eigenvalue weighted by molar-refractivity contribution is -0.121. The maximum absolute atomic E-state index is 12.1. The molecule has 0 radical (unpaired) electrons. The lowest BCUT2D eigenvalue weighted by Gasteiger charge is -2.15. The molecular formula is C22H22N2O2S. The molecule has 0 atom stereocenters. The van der Waals surface area contributed by atoms with Gasteiger partial charge in [0.2, 0.25) is 0 Å². The highest BCUT2D eigenvalue weighted by Gasteiger charge is 2.09. The molecule has 0 bridgehead atoms. The van der Waals surface area contributed by atoms with Crippen LogP contribution in [0.3, 0.4) is 0 Å². The van der Waals surface area contributed by atoms with Crippen molar-refractivity contribution in [3.05, 3.63) is 71.3 Å². The molecule has 3 rings (SSSR count). The molecule has 0 aliphatic carbocycles. The summed E-state index contributed by atoms with van der Waals surface area (Å²) in [5, 5.41) is 8.22. The highest BCUT2D eigenvalue weighted by molar-refractivity contribution is 7.80. The third-order valence-electron chi connectivity index (χ3n) is 4.26. The Morgan fingerprint density at radius 2 is 1.63 bits per heavy atom. The van der Waals surface area contributed by atoms with E-state index in [1.165, 1.54) is 5.56 Å². The van der Waals surface area contributed by atoms with Gasteiger partial charge in [-0.15, -0.1) is 0 Å². The fraction of sp³-hybridized carbons (Fsp3) is 0.182. The van der Waals surface area contributed by atoms with Gasteiger partial charge < -0.3 is 10.1 Å². The number of ether oxygens (including phenoxy) is 1. The number of rotatable bonds is 4. The predicted molar refractivity (Wildman–Crippen MR) is 114 cm³/mol. The molecule has 0 spiro atoms. The topological polar surface area (TPSA) is 50.4 Å². The third kappa shape index (κ3) is 4.83. The van der Waals surface area contributed by atoms with E-state index in [0.29, 0.717) is 5.75 Å². The number of nitrogens with one attached hydrogen (secondary N) is 2. The summed E-state index contributed by atoms with van der Waals surface area (Å²) in [6, 6.07) is 17.9. The summed E-state index contributed by atoms with van der Waals surface area (Å²) < 4.78 is 5.59. The maximum Gasteiger partial charge on any atom is 0.264 e. The molecule has 0 aromatic heterocycles. The molecule has 0 heterocycles. The van der Waals surface area contributed by atoms with Crippen LogP contribution in [0, 0.1) is 20.8 Å². The number of thiocarbonyl (C=S) groups is 1. The molecule has 0 saturated heterocycles. The number of hydrogen-bond donors (Lipinski definition) is 2. The number of anilines is 1. The average Bonchev–Trinajstić information content (AvgIpc) is 2.63. The van der Waals surface area contributed by atoms with Crippen LogP contribution in [0.5, 0.6) is 5.75 Å². The lowest BCUT2D eigenvalue weighted by atomic mass is 10.1. The fourth-order valence-electron chi connectivity index (χ4n) is 3.09. The molecule has 0 fully saturated rings. The first-order chi connectivity index (χ1) is 12.9. The number of fused-ring (bicyclic) bond motifs is 1. The molecule has 0 aliphatic rings. The molecule has 1 amide bonds. The first-order valence-electron chi connectivity index (χ1n) is 8.72. The quantitative estimate of drug-likeness (QED) is 0.649. The molecule has 4 nitrogen and oxygen atoms in total. The van der Waals surface area contributed by atoms with Crippen molar-refractivity contribution in [1.82, 2.24) is 5.32 Å². The fourth-order valence-corrected chi connectivity index (χ4v) is 3.31. The molecule has 3 aromatic carbocycles. The van der Waals surface area contributed by atoms with Crippen molar-refractivity contribution in [1.29, 1.82) is 0 Å². The van der Waals surface area contributed by atoms with E-state index < -0.39 is 0 Å². The SMILES string of the molecule is Cc1cc(C)c(NC(=S)NC(=O)COc2ccc3ccccc3c2)c(C)c1. The molecule has 0 unspecified atom stereocenters. The van der Waals surface area contributed by atoms with Gasteiger partial charge in [-0.1, -0.05) is 48.0 Å². The van der Waals surface area contributed by atoms with Gasteiger partial charge in [-0.25, -0.2) is 0 Å². The van der Waals surface area contributed by atoms with Gasteiger partial charge in [-0.3, -0.25) is 10.1 Å². The standard InChI is InChI=1S/C22H22N2O2S/c1-14-10-15(2)21(16(3)11-14)24-22(27)23-20(25)13-26-19-9-8-17-6-4-5-7-18(17)12-19/h4-12H,13H2,1-3H3,(H2,23,24,25,27). The Morgan fingerprint density at radius 3 is 2.33 bits per heavy atom. The number of aryl methyl sites for hydroxylation is 3. The number of hydrogen-bond acceptors (Lipinski definition) is 3. The van der Waals surface area contributed by atoms with Crippen LogP contribution in [0.25, 0.3) is 10.8 Å². The normalized spacial score (nSPS) is 10.5. The van der Waals surface area contributed by atoms with Gasteiger partial charge in [0, 0.05) is 5.69 Å². The molecular weight excluding hydrogens is 356 g/mol. The summed E-state index contributed by atoms with van der Waals surface area (Å²) in [6.07, 6.45) is 0. The molecule has 0 aliphatic heterocycles. The molecule has 138 valence electrons. The van der Waals surface area contributed by atoms with Gasteiger partial charge >= 0.3 is 0 Å². The van der Waals surface area contributed by atoms with E-state index in [4.69, 9.17) is 17.0 Å². The maximum atomic E-state index is 12.1. The number of benzene rings is 3. The van der Waals surface area contributed by atoms with Gasteiger partial charge in [0.25, 0.3) is 5.91 Å². The van der Waals surface area contributed by atoms with Crippen molar-refractivity contribution >= 4 is 39.7 Å². The second-order valence-electron chi connectivity index (χ2n) is 6.57. The molecule has 2 N–H and O–H groups in total. The van der Waals surface area contributed by atoms with E-state index in [-0.39, 0.29) is 17.6 Å². The van der Waals surface area contributed by atoms with Crippen molar-refractivity contribution in [2.75, 3.05) is 11.9 Å². The van der Waals surface area contributed by atoms with Gasteiger partial charge in [0.1, 0.15) is 5.75 Å². The molecule has 5 heteroatoms. The minimum Gasteiger partial charge on any atom is -0.484 e. The van der Waals surface area contributed by atoms with Crippen molar-refractivity contribution < 1.29 is 9.53 Å². The Bertz CT molecular complexity index is 991. The van der Waals surface area contributed by atoms with Crippen molar-refractivity contribution in [2.45, 2.75) is 20.8 Å². The van der Waals surface area contributed by atoms with Crippen LogP contribution < -0.4 is 15.4 Å². The molecule has 27 heavy (non-hydrogen) atoms. The van der Waals surface area contributed by atoms with E-state index in [1.807, 2.05) is 63.2 Å². The van der Waals surface area contributed by atoms with Crippen LogP contribution in [0.15, 0.2) is 54.6 Å². The highest BCUT2D eigenvalue weighted by Crippen LogP contribution is 2.22. The van der Waals surface area contributed by atoms with Crippen LogP contribution in [0.1, 0.15) is 16.7 Å². The summed E-state index contributed by atoms with van der Waals surface area (Å²) in [7, 11) is 0. The van der Waals surface area contributed by atoms with Gasteiger partial charge in [0.05, 0.1) is 0 Å². The lowest BCUT2D eigenvalue weighted by Crippen LogP contribution is -2.37. The number of amides is 1. The van der Waals surface area contributed by atoms with Gasteiger partial charge in [-0.05, 0) is 67.0 Å². The summed E-state index contributed by atoms with van der Waals surface area (Å²) in [4.78, 5) is 12.1. The van der Waals surface area contributed by atoms with Crippen molar-refractivity contribution in [2.24, 2.45) is 0 Å². The Morgan fingerprint density at radius 1 is 0.963 bits per heavy atom. The van der Waals surface area contributed by atoms with E-state index in [9.17, 15) is 4.79 Å². The second kappa shape index (κ2) is 8.18. The minimum absolute atomic E-state index is 0.105. The zero-order valence-electron chi connectivity index (χ0n) is 15.6. The average molecular weight is 378 g/mol. The van der Waals surface area contributed by atoms with Crippen LogP contribution in [0.2, 0.25) is 0 Å². The summed E-state index contributed by atoms with van der Waals surface area (Å²) in [5.74, 6) is 0.344. The summed E-state index contributed by atoms with van der Waals surface area (Å²) in [5.41, 5.74) is 4.27. The first kappa shape index (κ1) is 18.9. The molecule has 3 aromatic rings. The number of carbonyl (C=O) groups excluding carboxylic acids is 1. The van der Waals surface area contributed by atoms with Crippen LogP contribution in [-0.4, -0.2) is 17.6 Å². The Balaban J connectivity index is 1.56. The Labute approximate surface area is 164 Å². The predicted octanol–water partition coefficient (Wildman–Crippen LogP) is 4.66. The number of carbonyl (C=O) groups is 1. The Hall–Kier alpha value is -2.92. The minimum atomic E-state index is -0.303.